The van der Waals surface area contributed by atoms with E-state index in [-0.39, 0.29) is 29.5 Å². The number of nitrogens with one attached hydrogen (secondary N) is 3. The lowest BCUT2D eigenvalue weighted by Crippen LogP contribution is -2.50. The van der Waals surface area contributed by atoms with Crippen molar-refractivity contribution in [2.24, 2.45) is 0 Å². The zero-order chi connectivity index (χ0) is 24.5. The molecule has 2 aromatic carbocycles. The van der Waals surface area contributed by atoms with Gasteiger partial charge < -0.3 is 15.0 Å². The SMILES string of the molecule is CC(=O)NCCNS(=O)(=O)c1ccc2c(c1)OCC[N+]2(C)Cc1cc2cccc(C)c2[nH]c1=O. The minimum absolute atomic E-state index is 0.0812. The number of likely N-dealkylation sites (N-methyl/N-ethyl adjacent to an activating group) is 1. The Morgan fingerprint density at radius 3 is 2.74 bits per heavy atom. The average Bonchev–Trinajstić information content (AvgIpc) is 2.78. The standard InChI is InChI=1S/C24H28N4O5S/c1-16-5-4-6-18-13-19(24(30)27-23(16)18)15-28(3)11-12-33-22-14-20(7-8-21(22)28)34(31,32)26-10-9-25-17(2)29/h4-8,13-14,26H,9-12,15H2,1-3H3,(H-,25,27,29,30)/p+1. The van der Waals surface area contributed by atoms with Crippen LogP contribution in [0.2, 0.25) is 0 Å². The van der Waals surface area contributed by atoms with Gasteiger partial charge in [-0.3, -0.25) is 14.1 Å². The number of hydrogen-bond donors (Lipinski definition) is 3. The maximum Gasteiger partial charge on any atom is 0.257 e. The topological polar surface area (TPSA) is 117 Å². The van der Waals surface area contributed by atoms with Crippen LogP contribution in [-0.4, -0.2) is 52.6 Å². The van der Waals surface area contributed by atoms with Crippen LogP contribution in [0, 0.1) is 6.92 Å². The van der Waals surface area contributed by atoms with Crippen molar-refractivity contribution >= 4 is 32.5 Å². The number of aromatic nitrogens is 1. The number of H-pyrrole nitrogens is 1. The van der Waals surface area contributed by atoms with Crippen LogP contribution in [0.5, 0.6) is 5.75 Å². The van der Waals surface area contributed by atoms with Crippen molar-refractivity contribution < 1.29 is 17.9 Å². The van der Waals surface area contributed by atoms with Gasteiger partial charge in [0.2, 0.25) is 15.9 Å². The molecule has 0 aliphatic carbocycles. The number of benzene rings is 2. The number of aryl methyl sites for hydroxylation is 1. The van der Waals surface area contributed by atoms with E-state index < -0.39 is 10.0 Å². The van der Waals surface area contributed by atoms with E-state index in [0.29, 0.717) is 35.5 Å². The van der Waals surface area contributed by atoms with Crippen molar-refractivity contribution in [2.45, 2.75) is 25.3 Å². The molecule has 1 aliphatic heterocycles. The first-order valence-corrected chi connectivity index (χ1v) is 12.5. The Morgan fingerprint density at radius 2 is 1.97 bits per heavy atom. The molecule has 0 fully saturated rings. The maximum absolute atomic E-state index is 12.9. The molecule has 1 unspecified atom stereocenters. The van der Waals surface area contributed by atoms with Crippen LogP contribution < -0.4 is 24.8 Å². The van der Waals surface area contributed by atoms with Gasteiger partial charge in [-0.25, -0.2) is 13.1 Å². The smallest absolute Gasteiger partial charge is 0.257 e. The average molecular weight is 486 g/mol. The number of fused-ring (bicyclic) bond motifs is 2. The number of nitrogens with zero attached hydrogens (tertiary/aromatic N) is 1. The zero-order valence-corrected chi connectivity index (χ0v) is 20.3. The second-order valence-electron chi connectivity index (χ2n) is 8.80. The van der Waals surface area contributed by atoms with Gasteiger partial charge in [0.05, 0.1) is 23.0 Å². The van der Waals surface area contributed by atoms with Crippen molar-refractivity contribution in [3.63, 3.8) is 0 Å². The number of carbonyl (C=O) groups is 1. The molecule has 9 nitrogen and oxygen atoms in total. The summed E-state index contributed by atoms with van der Waals surface area (Å²) in [7, 11) is -1.75. The van der Waals surface area contributed by atoms with E-state index in [1.165, 1.54) is 13.0 Å². The molecule has 0 saturated carbocycles. The molecule has 1 atom stereocenters. The van der Waals surface area contributed by atoms with Crippen molar-refractivity contribution in [1.82, 2.24) is 19.5 Å². The molecule has 0 spiro atoms. The number of para-hydroxylation sites is 1. The Kier molecular flexibility index (Phi) is 6.48. The van der Waals surface area contributed by atoms with E-state index in [1.54, 1.807) is 12.1 Å². The lowest BCUT2D eigenvalue weighted by atomic mass is 10.1. The lowest BCUT2D eigenvalue weighted by Gasteiger charge is -2.38. The molecule has 4 rings (SSSR count). The quantitative estimate of drug-likeness (QED) is 0.348. The van der Waals surface area contributed by atoms with Gasteiger partial charge in [0.25, 0.3) is 5.56 Å². The third-order valence-electron chi connectivity index (χ3n) is 6.14. The Morgan fingerprint density at radius 1 is 1.18 bits per heavy atom. The second kappa shape index (κ2) is 9.21. The number of amides is 1. The largest absolute Gasteiger partial charge is 0.481 e. The molecule has 0 bridgehead atoms. The summed E-state index contributed by atoms with van der Waals surface area (Å²) in [6.07, 6.45) is 0. The highest BCUT2D eigenvalue weighted by Crippen LogP contribution is 2.38. The Labute approximate surface area is 198 Å². The van der Waals surface area contributed by atoms with Gasteiger partial charge in [-0.05, 0) is 30.0 Å². The van der Waals surface area contributed by atoms with Crippen molar-refractivity contribution in [3.8, 4) is 5.75 Å². The summed E-state index contributed by atoms with van der Waals surface area (Å²) in [5.74, 6) is 0.255. The van der Waals surface area contributed by atoms with Gasteiger partial charge in [-0.1, -0.05) is 18.2 Å². The predicted octanol–water partition coefficient (Wildman–Crippen LogP) is 1.78. The number of hydrogen-bond acceptors (Lipinski definition) is 5. The third-order valence-corrected chi connectivity index (χ3v) is 7.60. The molecule has 1 amide bonds. The van der Waals surface area contributed by atoms with Crippen LogP contribution in [0.4, 0.5) is 5.69 Å². The fourth-order valence-electron chi connectivity index (χ4n) is 4.29. The molecule has 1 aliphatic rings. The number of aromatic amines is 1. The van der Waals surface area contributed by atoms with Gasteiger partial charge in [0.15, 0.2) is 11.4 Å². The Bertz CT molecular complexity index is 1420. The molecule has 34 heavy (non-hydrogen) atoms. The number of quaternary nitrogens is 1. The summed E-state index contributed by atoms with van der Waals surface area (Å²) in [5, 5.41) is 3.52. The molecule has 3 N–H and O–H groups in total. The fourth-order valence-corrected chi connectivity index (χ4v) is 5.34. The van der Waals surface area contributed by atoms with Crippen LogP contribution in [0.15, 0.2) is 52.2 Å². The van der Waals surface area contributed by atoms with E-state index in [1.807, 2.05) is 38.2 Å². The van der Waals surface area contributed by atoms with Crippen molar-refractivity contribution in [2.75, 3.05) is 33.3 Å². The maximum atomic E-state index is 12.9. The van der Waals surface area contributed by atoms with E-state index in [4.69, 9.17) is 4.74 Å². The molecule has 0 saturated heterocycles. The predicted molar refractivity (Wildman–Crippen MR) is 131 cm³/mol. The first-order valence-electron chi connectivity index (χ1n) is 11.1. The molecular formula is C24H29N4O5S+. The normalized spacial score (nSPS) is 17.7. The van der Waals surface area contributed by atoms with E-state index >= 15 is 0 Å². The first kappa shape index (κ1) is 23.9. The third kappa shape index (κ3) is 4.84. The molecule has 10 heteroatoms. The van der Waals surface area contributed by atoms with Crippen molar-refractivity contribution in [3.05, 3.63) is 63.9 Å². The number of carbonyl (C=O) groups excluding carboxylic acids is 1. The summed E-state index contributed by atoms with van der Waals surface area (Å²) < 4.78 is 34.1. The fraction of sp³-hybridized carbons (Fsp3) is 0.333. The molecule has 0 radical (unpaired) electrons. The Balaban J connectivity index is 1.61. The number of ether oxygens (including phenoxy) is 1. The monoisotopic (exact) mass is 485 g/mol. The van der Waals surface area contributed by atoms with E-state index in [9.17, 15) is 18.0 Å². The van der Waals surface area contributed by atoms with Crippen LogP contribution in [0.1, 0.15) is 18.1 Å². The minimum atomic E-state index is -3.77. The van der Waals surface area contributed by atoms with Gasteiger partial charge in [-0.15, -0.1) is 0 Å². The van der Waals surface area contributed by atoms with Crippen molar-refractivity contribution in [1.29, 1.82) is 0 Å². The molecule has 1 aromatic heterocycles. The summed E-state index contributed by atoms with van der Waals surface area (Å²) in [6.45, 7) is 5.09. The summed E-state index contributed by atoms with van der Waals surface area (Å²) in [4.78, 5) is 26.9. The summed E-state index contributed by atoms with van der Waals surface area (Å²) in [5.41, 5.74) is 3.19. The van der Waals surface area contributed by atoms with Gasteiger partial charge in [0.1, 0.15) is 19.7 Å². The molecule has 3 aromatic rings. The summed E-state index contributed by atoms with van der Waals surface area (Å²) >= 11 is 0. The lowest BCUT2D eigenvalue weighted by molar-refractivity contribution is -0.118. The molecule has 2 heterocycles. The summed E-state index contributed by atoms with van der Waals surface area (Å²) in [6, 6.07) is 12.6. The zero-order valence-electron chi connectivity index (χ0n) is 19.5. The van der Waals surface area contributed by atoms with Crippen LogP contribution >= 0.6 is 0 Å². The van der Waals surface area contributed by atoms with Gasteiger partial charge in [0, 0.05) is 32.1 Å². The first-order chi connectivity index (χ1) is 16.1. The van der Waals surface area contributed by atoms with Crippen LogP contribution in [0.3, 0.4) is 0 Å². The van der Waals surface area contributed by atoms with E-state index in [2.05, 4.69) is 15.0 Å². The molecule has 180 valence electrons. The highest BCUT2D eigenvalue weighted by Gasteiger charge is 2.35. The van der Waals surface area contributed by atoms with E-state index in [0.717, 1.165) is 22.2 Å². The van der Waals surface area contributed by atoms with Gasteiger partial charge in [-0.2, -0.15) is 0 Å². The molecular weight excluding hydrogens is 456 g/mol. The number of sulfonamides is 1. The Hall–Kier alpha value is -3.21. The number of rotatable bonds is 7. The van der Waals surface area contributed by atoms with Gasteiger partial charge >= 0.3 is 0 Å². The van der Waals surface area contributed by atoms with Crippen LogP contribution in [-0.2, 0) is 21.4 Å². The highest BCUT2D eigenvalue weighted by atomic mass is 32.2. The minimum Gasteiger partial charge on any atom is -0.481 e. The number of pyridine rings is 1. The van der Waals surface area contributed by atoms with Crippen LogP contribution in [0.25, 0.3) is 10.9 Å². The highest BCUT2D eigenvalue weighted by molar-refractivity contribution is 7.89. The second-order valence-corrected chi connectivity index (χ2v) is 10.6.